The highest BCUT2D eigenvalue weighted by molar-refractivity contribution is 4.84. The minimum absolute atomic E-state index is 0.0699. The van der Waals surface area contributed by atoms with Crippen LogP contribution in [0.2, 0.25) is 0 Å². The van der Waals surface area contributed by atoms with Gasteiger partial charge in [-0.3, -0.25) is 0 Å². The van der Waals surface area contributed by atoms with Crippen LogP contribution in [0.3, 0.4) is 0 Å². The number of hydrogen-bond acceptors (Lipinski definition) is 4. The molecular weight excluding hydrogens is 170 g/mol. The van der Waals surface area contributed by atoms with Crippen molar-refractivity contribution in [1.29, 1.82) is 0 Å². The van der Waals surface area contributed by atoms with E-state index in [-0.39, 0.29) is 12.1 Å². The highest BCUT2D eigenvalue weighted by Crippen LogP contribution is 2.20. The molecule has 2 heterocycles. The van der Waals surface area contributed by atoms with Gasteiger partial charge in [0, 0.05) is 18.6 Å². The molecule has 2 saturated heterocycles. The van der Waals surface area contributed by atoms with Crippen molar-refractivity contribution in [1.82, 2.24) is 0 Å². The summed E-state index contributed by atoms with van der Waals surface area (Å²) in [6.45, 7) is 3.63. The van der Waals surface area contributed by atoms with Gasteiger partial charge in [0.2, 0.25) is 0 Å². The fraction of sp³-hybridized carbons (Fsp3) is 1.00. The number of ether oxygens (including phenoxy) is 3. The Labute approximate surface area is 78.3 Å². The molecule has 2 N–H and O–H groups in total. The van der Waals surface area contributed by atoms with Crippen LogP contribution in [-0.4, -0.2) is 45.2 Å². The first kappa shape index (κ1) is 9.40. The van der Waals surface area contributed by atoms with Crippen LogP contribution >= 0.6 is 0 Å². The predicted molar refractivity (Wildman–Crippen MR) is 47.5 cm³/mol. The average Bonchev–Trinajstić information content (AvgIpc) is 2.71. The molecule has 0 bridgehead atoms. The van der Waals surface area contributed by atoms with Crippen LogP contribution in [0.4, 0.5) is 0 Å². The van der Waals surface area contributed by atoms with Crippen molar-refractivity contribution in [2.45, 2.75) is 18.6 Å². The molecule has 3 unspecified atom stereocenters. The maximum absolute atomic E-state index is 6.07. The summed E-state index contributed by atoms with van der Waals surface area (Å²) in [5.74, 6) is 0.451. The van der Waals surface area contributed by atoms with E-state index < -0.39 is 0 Å². The van der Waals surface area contributed by atoms with Gasteiger partial charge < -0.3 is 19.9 Å². The van der Waals surface area contributed by atoms with Crippen molar-refractivity contribution in [3.05, 3.63) is 0 Å². The fourth-order valence-corrected chi connectivity index (χ4v) is 1.89. The van der Waals surface area contributed by atoms with Crippen molar-refractivity contribution < 1.29 is 14.2 Å². The molecule has 0 aromatic heterocycles. The predicted octanol–water partition coefficient (Wildman–Crippen LogP) is -0.234. The largest absolute Gasteiger partial charge is 0.381 e. The minimum atomic E-state index is 0.0699. The van der Waals surface area contributed by atoms with Crippen LogP contribution in [-0.2, 0) is 14.2 Å². The molecule has 2 fully saturated rings. The summed E-state index contributed by atoms with van der Waals surface area (Å²) in [7, 11) is 0. The maximum Gasteiger partial charge on any atom is 0.0963 e. The molecule has 0 spiro atoms. The van der Waals surface area contributed by atoms with Crippen molar-refractivity contribution in [3.8, 4) is 0 Å². The second-order valence-corrected chi connectivity index (χ2v) is 3.69. The molecule has 0 aromatic rings. The lowest BCUT2D eigenvalue weighted by atomic mass is 9.95. The Bertz CT molecular complexity index is 153. The first-order valence-electron chi connectivity index (χ1n) is 4.90. The van der Waals surface area contributed by atoms with E-state index in [4.69, 9.17) is 19.9 Å². The Morgan fingerprint density at radius 2 is 1.92 bits per heavy atom. The van der Waals surface area contributed by atoms with Crippen LogP contribution < -0.4 is 5.73 Å². The second kappa shape index (κ2) is 4.37. The molecule has 4 heteroatoms. The molecule has 0 saturated carbocycles. The lowest BCUT2D eigenvalue weighted by Gasteiger charge is -2.30. The molecule has 2 rings (SSSR count). The van der Waals surface area contributed by atoms with E-state index in [1.165, 1.54) is 0 Å². The van der Waals surface area contributed by atoms with E-state index in [1.807, 2.05) is 0 Å². The molecular formula is C9H17NO3. The first-order valence-corrected chi connectivity index (χ1v) is 4.90. The van der Waals surface area contributed by atoms with E-state index in [9.17, 15) is 0 Å². The quantitative estimate of drug-likeness (QED) is 0.648. The summed E-state index contributed by atoms with van der Waals surface area (Å²) in [4.78, 5) is 0. The summed E-state index contributed by atoms with van der Waals surface area (Å²) in [6.07, 6.45) is 1.13. The van der Waals surface area contributed by atoms with Crippen LogP contribution in [0.1, 0.15) is 6.42 Å². The Hall–Kier alpha value is -0.160. The van der Waals surface area contributed by atoms with Crippen LogP contribution in [0, 0.1) is 5.92 Å². The van der Waals surface area contributed by atoms with Crippen molar-refractivity contribution in [2.24, 2.45) is 11.7 Å². The van der Waals surface area contributed by atoms with E-state index in [1.54, 1.807) is 0 Å². The van der Waals surface area contributed by atoms with Crippen molar-refractivity contribution in [2.75, 3.05) is 33.0 Å². The van der Waals surface area contributed by atoms with E-state index >= 15 is 0 Å². The third-order valence-corrected chi connectivity index (χ3v) is 2.78. The van der Waals surface area contributed by atoms with E-state index in [0.29, 0.717) is 25.7 Å². The highest BCUT2D eigenvalue weighted by atomic mass is 16.6. The monoisotopic (exact) mass is 187 g/mol. The lowest BCUT2D eigenvalue weighted by Crippen LogP contribution is -2.48. The van der Waals surface area contributed by atoms with E-state index in [0.717, 1.165) is 19.6 Å². The summed E-state index contributed by atoms with van der Waals surface area (Å²) in [5, 5.41) is 0. The number of hydrogen-bond donors (Lipinski definition) is 1. The lowest BCUT2D eigenvalue weighted by molar-refractivity contribution is -0.103. The van der Waals surface area contributed by atoms with Gasteiger partial charge in [0.05, 0.1) is 32.5 Å². The molecule has 3 atom stereocenters. The number of nitrogens with two attached hydrogens (primary N) is 1. The third-order valence-electron chi connectivity index (χ3n) is 2.78. The molecule has 13 heavy (non-hydrogen) atoms. The highest BCUT2D eigenvalue weighted by Gasteiger charge is 2.31. The topological polar surface area (TPSA) is 53.7 Å². The third kappa shape index (κ3) is 2.20. The molecule has 2 aliphatic heterocycles. The van der Waals surface area contributed by atoms with Gasteiger partial charge in [0.25, 0.3) is 0 Å². The average molecular weight is 187 g/mol. The zero-order valence-electron chi connectivity index (χ0n) is 7.78. The maximum atomic E-state index is 6.07. The fourth-order valence-electron chi connectivity index (χ4n) is 1.89. The van der Waals surface area contributed by atoms with Crippen LogP contribution in [0.15, 0.2) is 0 Å². The Morgan fingerprint density at radius 3 is 2.54 bits per heavy atom. The number of rotatable bonds is 2. The molecule has 0 amide bonds. The molecule has 2 aliphatic rings. The second-order valence-electron chi connectivity index (χ2n) is 3.69. The molecule has 0 aromatic carbocycles. The molecule has 4 nitrogen and oxygen atoms in total. The Kier molecular flexibility index (Phi) is 3.16. The minimum Gasteiger partial charge on any atom is -0.381 e. The normalized spacial score (nSPS) is 37.6. The summed E-state index contributed by atoms with van der Waals surface area (Å²) in [5.41, 5.74) is 6.07. The summed E-state index contributed by atoms with van der Waals surface area (Å²) in [6, 6.07) is 0.0720. The van der Waals surface area contributed by atoms with Gasteiger partial charge in [-0.25, -0.2) is 0 Å². The van der Waals surface area contributed by atoms with E-state index in [2.05, 4.69) is 0 Å². The molecule has 0 aliphatic carbocycles. The summed E-state index contributed by atoms with van der Waals surface area (Å²) >= 11 is 0. The first-order chi connectivity index (χ1) is 6.38. The SMILES string of the molecule is NC(C1CCOC1)C1COCCO1. The van der Waals surface area contributed by atoms with Gasteiger partial charge in [-0.2, -0.15) is 0 Å². The van der Waals surface area contributed by atoms with Gasteiger partial charge in [0.15, 0.2) is 0 Å². The zero-order valence-corrected chi connectivity index (χ0v) is 7.78. The Balaban J connectivity index is 1.83. The van der Waals surface area contributed by atoms with Crippen LogP contribution in [0.5, 0.6) is 0 Å². The van der Waals surface area contributed by atoms with Gasteiger partial charge in [-0.15, -0.1) is 0 Å². The van der Waals surface area contributed by atoms with Crippen molar-refractivity contribution in [3.63, 3.8) is 0 Å². The standard InChI is InChI=1S/C9H17NO3/c10-9(7-1-2-11-5-7)8-6-12-3-4-13-8/h7-9H,1-6,10H2. The van der Waals surface area contributed by atoms with Gasteiger partial charge in [-0.05, 0) is 6.42 Å². The zero-order chi connectivity index (χ0) is 9.10. The molecule has 0 radical (unpaired) electrons. The van der Waals surface area contributed by atoms with Gasteiger partial charge >= 0.3 is 0 Å². The molecule has 76 valence electrons. The van der Waals surface area contributed by atoms with Gasteiger partial charge in [0.1, 0.15) is 0 Å². The van der Waals surface area contributed by atoms with Crippen LogP contribution in [0.25, 0.3) is 0 Å². The summed E-state index contributed by atoms with van der Waals surface area (Å²) < 4.78 is 16.2. The van der Waals surface area contributed by atoms with Gasteiger partial charge in [-0.1, -0.05) is 0 Å². The Morgan fingerprint density at radius 1 is 1.08 bits per heavy atom. The smallest absolute Gasteiger partial charge is 0.0963 e. The van der Waals surface area contributed by atoms with Crippen molar-refractivity contribution >= 4 is 0 Å².